The summed E-state index contributed by atoms with van der Waals surface area (Å²) in [5, 5.41) is 13.4. The lowest BCUT2D eigenvalue weighted by molar-refractivity contribution is -0.385. The number of amides is 3. The number of nitrogens with one attached hydrogen (secondary N) is 1. The summed E-state index contributed by atoms with van der Waals surface area (Å²) < 4.78 is 21.9. The molecular weight excluding hydrogens is 568 g/mol. The molecule has 196 valence electrons. The lowest BCUT2D eigenvalue weighted by Crippen LogP contribution is -2.30. The van der Waals surface area contributed by atoms with E-state index in [4.69, 9.17) is 13.9 Å². The average molecular weight is 587 g/mol. The Labute approximate surface area is 223 Å². The SMILES string of the molecule is CCOc1cc(/C=C2\NC(=O)N(Cc3ccc(C(=O)OC)o3)C2=O)c(Br)cc1Oc1ccc([N+](=O)[O-])cn1. The minimum absolute atomic E-state index is 0.00333. The highest BCUT2D eigenvalue weighted by atomic mass is 79.9. The monoisotopic (exact) mass is 586 g/mol. The van der Waals surface area contributed by atoms with Gasteiger partial charge in [0, 0.05) is 16.6 Å². The number of aromatic nitrogens is 1. The molecule has 0 saturated carbocycles. The van der Waals surface area contributed by atoms with E-state index in [0.717, 1.165) is 11.1 Å². The van der Waals surface area contributed by atoms with Gasteiger partial charge in [0.1, 0.15) is 17.7 Å². The number of ether oxygens (including phenoxy) is 3. The number of methoxy groups -OCH3 is 1. The Bertz CT molecular complexity index is 1450. The number of carbonyl (C=O) groups is 3. The summed E-state index contributed by atoms with van der Waals surface area (Å²) in [4.78, 5) is 52.1. The van der Waals surface area contributed by atoms with Gasteiger partial charge in [-0.25, -0.2) is 14.6 Å². The van der Waals surface area contributed by atoms with E-state index in [1.165, 1.54) is 37.5 Å². The molecule has 0 aliphatic carbocycles. The van der Waals surface area contributed by atoms with Crippen LogP contribution >= 0.6 is 15.9 Å². The minimum Gasteiger partial charge on any atom is -0.490 e. The summed E-state index contributed by atoms with van der Waals surface area (Å²) in [5.41, 5.74) is 0.316. The quantitative estimate of drug-likeness (QED) is 0.125. The number of imide groups is 1. The molecule has 0 atom stereocenters. The number of pyridine rings is 1. The Morgan fingerprint density at radius 2 is 2.03 bits per heavy atom. The fourth-order valence-electron chi connectivity index (χ4n) is 3.36. The fourth-order valence-corrected chi connectivity index (χ4v) is 3.80. The number of hydrogen-bond donors (Lipinski definition) is 1. The van der Waals surface area contributed by atoms with Crippen molar-refractivity contribution >= 4 is 45.6 Å². The second kappa shape index (κ2) is 11.1. The van der Waals surface area contributed by atoms with Crippen LogP contribution in [-0.4, -0.2) is 46.4 Å². The number of halogens is 1. The third-order valence-corrected chi connectivity index (χ3v) is 5.82. The smallest absolute Gasteiger partial charge is 0.373 e. The van der Waals surface area contributed by atoms with Crippen LogP contribution in [0.25, 0.3) is 6.08 Å². The molecule has 3 amide bonds. The molecule has 1 aliphatic rings. The topological polar surface area (TPSA) is 163 Å². The van der Waals surface area contributed by atoms with E-state index in [0.29, 0.717) is 22.4 Å². The van der Waals surface area contributed by atoms with Crippen LogP contribution in [0, 0.1) is 10.1 Å². The maximum Gasteiger partial charge on any atom is 0.373 e. The van der Waals surface area contributed by atoms with Gasteiger partial charge in [-0.15, -0.1) is 0 Å². The molecule has 1 aliphatic heterocycles. The van der Waals surface area contributed by atoms with Crippen molar-refractivity contribution in [3.05, 3.63) is 80.0 Å². The zero-order chi connectivity index (χ0) is 27.4. The predicted molar refractivity (Wildman–Crippen MR) is 133 cm³/mol. The fraction of sp³-hybridized carbons (Fsp3) is 0.167. The van der Waals surface area contributed by atoms with Gasteiger partial charge in [0.05, 0.1) is 25.2 Å². The highest BCUT2D eigenvalue weighted by Crippen LogP contribution is 2.37. The molecule has 1 saturated heterocycles. The molecule has 0 spiro atoms. The van der Waals surface area contributed by atoms with Gasteiger partial charge in [0.2, 0.25) is 11.6 Å². The van der Waals surface area contributed by atoms with E-state index in [2.05, 4.69) is 31.0 Å². The normalized spacial score (nSPS) is 14.0. The molecule has 38 heavy (non-hydrogen) atoms. The molecule has 0 radical (unpaired) electrons. The first kappa shape index (κ1) is 26.3. The molecule has 0 bridgehead atoms. The van der Waals surface area contributed by atoms with Crippen LogP contribution in [-0.2, 0) is 16.1 Å². The van der Waals surface area contributed by atoms with E-state index < -0.39 is 22.8 Å². The molecule has 2 aromatic heterocycles. The Balaban J connectivity index is 1.56. The standard InChI is InChI=1S/C24H19BrN4O9/c1-3-36-19-9-13(16(25)10-20(19)38-21-7-4-14(11-26-21)29(33)34)8-17-22(30)28(24(32)27-17)12-15-5-6-18(37-15)23(31)35-2/h4-11H,3,12H2,1-2H3,(H,27,32)/b17-8-. The molecule has 14 heteroatoms. The summed E-state index contributed by atoms with van der Waals surface area (Å²) in [7, 11) is 1.21. The molecule has 3 heterocycles. The van der Waals surface area contributed by atoms with Gasteiger partial charge in [-0.1, -0.05) is 15.9 Å². The van der Waals surface area contributed by atoms with Crippen LogP contribution in [0.3, 0.4) is 0 Å². The minimum atomic E-state index is -0.680. The maximum absolute atomic E-state index is 12.9. The summed E-state index contributed by atoms with van der Waals surface area (Å²) >= 11 is 3.42. The van der Waals surface area contributed by atoms with Crippen molar-refractivity contribution < 1.29 is 37.9 Å². The number of benzene rings is 1. The highest BCUT2D eigenvalue weighted by molar-refractivity contribution is 9.10. The van der Waals surface area contributed by atoms with E-state index in [9.17, 15) is 24.5 Å². The lowest BCUT2D eigenvalue weighted by Gasteiger charge is -2.13. The van der Waals surface area contributed by atoms with Gasteiger partial charge in [-0.2, -0.15) is 0 Å². The lowest BCUT2D eigenvalue weighted by atomic mass is 10.1. The third kappa shape index (κ3) is 5.64. The summed E-state index contributed by atoms with van der Waals surface area (Å²) in [6, 6.07) is 7.98. The Kier molecular flexibility index (Phi) is 7.71. The van der Waals surface area contributed by atoms with Gasteiger partial charge in [0.15, 0.2) is 11.5 Å². The van der Waals surface area contributed by atoms with E-state index >= 15 is 0 Å². The van der Waals surface area contributed by atoms with Gasteiger partial charge in [-0.3, -0.25) is 19.8 Å². The molecule has 13 nitrogen and oxygen atoms in total. The second-order valence-electron chi connectivity index (χ2n) is 7.60. The van der Waals surface area contributed by atoms with Crippen LogP contribution in [0.2, 0.25) is 0 Å². The molecule has 1 fully saturated rings. The highest BCUT2D eigenvalue weighted by Gasteiger charge is 2.34. The molecular formula is C24H19BrN4O9. The summed E-state index contributed by atoms with van der Waals surface area (Å²) in [6.45, 7) is 1.87. The molecule has 1 aromatic carbocycles. The number of furan rings is 1. The van der Waals surface area contributed by atoms with Crippen molar-refractivity contribution in [3.63, 3.8) is 0 Å². The van der Waals surface area contributed by atoms with Gasteiger partial charge < -0.3 is 23.9 Å². The maximum atomic E-state index is 12.9. The van der Waals surface area contributed by atoms with Crippen LogP contribution in [0.1, 0.15) is 28.8 Å². The second-order valence-corrected chi connectivity index (χ2v) is 8.46. The average Bonchev–Trinajstić information content (AvgIpc) is 3.47. The number of carbonyl (C=O) groups excluding carboxylic acids is 3. The van der Waals surface area contributed by atoms with E-state index in [-0.39, 0.29) is 41.1 Å². The first-order valence-corrected chi connectivity index (χ1v) is 11.8. The Hall–Kier alpha value is -4.72. The van der Waals surface area contributed by atoms with Crippen LogP contribution in [0.4, 0.5) is 10.5 Å². The Morgan fingerprint density at radius 1 is 1.24 bits per heavy atom. The summed E-state index contributed by atoms with van der Waals surface area (Å²) in [6.07, 6.45) is 2.53. The van der Waals surface area contributed by atoms with Crippen molar-refractivity contribution in [1.29, 1.82) is 0 Å². The van der Waals surface area contributed by atoms with E-state index in [1.807, 2.05) is 0 Å². The van der Waals surface area contributed by atoms with Crippen LogP contribution < -0.4 is 14.8 Å². The number of nitrogens with zero attached hydrogens (tertiary/aromatic N) is 3. The molecule has 4 rings (SSSR count). The first-order valence-electron chi connectivity index (χ1n) is 11.0. The van der Waals surface area contributed by atoms with Crippen molar-refractivity contribution in [2.75, 3.05) is 13.7 Å². The molecule has 1 N–H and O–H groups in total. The number of esters is 1. The van der Waals surface area contributed by atoms with Gasteiger partial charge >= 0.3 is 12.0 Å². The van der Waals surface area contributed by atoms with Gasteiger partial charge in [-0.05, 0) is 42.8 Å². The van der Waals surface area contributed by atoms with Crippen LogP contribution in [0.15, 0.2) is 57.2 Å². The zero-order valence-electron chi connectivity index (χ0n) is 19.9. The molecule has 3 aromatic rings. The number of rotatable bonds is 9. The third-order valence-electron chi connectivity index (χ3n) is 5.13. The van der Waals surface area contributed by atoms with Crippen molar-refractivity contribution in [2.45, 2.75) is 13.5 Å². The van der Waals surface area contributed by atoms with Crippen molar-refractivity contribution in [1.82, 2.24) is 15.2 Å². The number of nitro groups is 1. The first-order chi connectivity index (χ1) is 18.2. The van der Waals surface area contributed by atoms with E-state index in [1.54, 1.807) is 19.1 Å². The number of urea groups is 1. The zero-order valence-corrected chi connectivity index (χ0v) is 21.5. The summed E-state index contributed by atoms with van der Waals surface area (Å²) in [5.74, 6) is -0.434. The van der Waals surface area contributed by atoms with Crippen LogP contribution in [0.5, 0.6) is 17.4 Å². The van der Waals surface area contributed by atoms with Crippen molar-refractivity contribution in [3.8, 4) is 17.4 Å². The number of hydrogen-bond acceptors (Lipinski definition) is 10. The Morgan fingerprint density at radius 3 is 2.68 bits per heavy atom. The largest absolute Gasteiger partial charge is 0.490 e. The predicted octanol–water partition coefficient (Wildman–Crippen LogP) is 4.42. The van der Waals surface area contributed by atoms with Crippen molar-refractivity contribution in [2.24, 2.45) is 0 Å². The van der Waals surface area contributed by atoms with Gasteiger partial charge in [0.25, 0.3) is 11.6 Å². The molecule has 0 unspecified atom stereocenters.